The summed E-state index contributed by atoms with van der Waals surface area (Å²) < 4.78 is 11.1. The number of hydrogen-bond donors (Lipinski definition) is 1. The maximum atomic E-state index is 12.2. The van der Waals surface area contributed by atoms with Gasteiger partial charge in [-0.2, -0.15) is 0 Å². The summed E-state index contributed by atoms with van der Waals surface area (Å²) in [6.45, 7) is 5.90. The SMILES string of the molecule is COc1ccc(C)cc1-c1csc(NC(=O)COc2cc(C)ccc2C)n1. The van der Waals surface area contributed by atoms with Crippen LogP contribution in [0.25, 0.3) is 11.3 Å². The lowest BCUT2D eigenvalue weighted by Crippen LogP contribution is -2.20. The van der Waals surface area contributed by atoms with E-state index in [1.54, 1.807) is 7.11 Å². The highest BCUT2D eigenvalue weighted by Gasteiger charge is 2.13. The summed E-state index contributed by atoms with van der Waals surface area (Å²) in [5.74, 6) is 1.23. The molecule has 0 aliphatic rings. The Morgan fingerprint density at radius 2 is 1.81 bits per heavy atom. The zero-order chi connectivity index (χ0) is 19.4. The van der Waals surface area contributed by atoms with Crippen molar-refractivity contribution in [3.63, 3.8) is 0 Å². The minimum absolute atomic E-state index is 0.0625. The van der Waals surface area contributed by atoms with Crippen molar-refractivity contribution < 1.29 is 14.3 Å². The molecule has 140 valence electrons. The first-order valence-electron chi connectivity index (χ1n) is 8.56. The zero-order valence-corrected chi connectivity index (χ0v) is 16.6. The fourth-order valence-corrected chi connectivity index (χ4v) is 3.37. The highest BCUT2D eigenvalue weighted by Crippen LogP contribution is 2.33. The molecule has 5 nitrogen and oxygen atoms in total. The van der Waals surface area contributed by atoms with E-state index >= 15 is 0 Å². The topological polar surface area (TPSA) is 60.5 Å². The third-order valence-corrected chi connectivity index (χ3v) is 4.84. The van der Waals surface area contributed by atoms with Gasteiger partial charge >= 0.3 is 0 Å². The molecule has 0 spiro atoms. The first kappa shape index (κ1) is 18.9. The number of aromatic nitrogens is 1. The second-order valence-corrected chi connectivity index (χ2v) is 7.21. The molecule has 1 amide bonds. The van der Waals surface area contributed by atoms with Crippen LogP contribution in [0.1, 0.15) is 16.7 Å². The number of hydrogen-bond acceptors (Lipinski definition) is 5. The molecular formula is C21H22N2O3S. The van der Waals surface area contributed by atoms with Crippen molar-refractivity contribution >= 4 is 22.4 Å². The number of carbonyl (C=O) groups excluding carboxylic acids is 1. The van der Waals surface area contributed by atoms with Gasteiger partial charge in [-0.3, -0.25) is 10.1 Å². The lowest BCUT2D eigenvalue weighted by atomic mass is 10.1. The summed E-state index contributed by atoms with van der Waals surface area (Å²) in [5.41, 5.74) is 4.88. The maximum Gasteiger partial charge on any atom is 0.264 e. The quantitative estimate of drug-likeness (QED) is 0.668. The van der Waals surface area contributed by atoms with E-state index in [1.165, 1.54) is 11.3 Å². The normalized spacial score (nSPS) is 10.5. The lowest BCUT2D eigenvalue weighted by Gasteiger charge is -2.09. The van der Waals surface area contributed by atoms with Gasteiger partial charge in [0, 0.05) is 10.9 Å². The second kappa shape index (κ2) is 8.22. The van der Waals surface area contributed by atoms with E-state index in [2.05, 4.69) is 10.3 Å². The van der Waals surface area contributed by atoms with Gasteiger partial charge in [-0.05, 0) is 50.1 Å². The summed E-state index contributed by atoms with van der Waals surface area (Å²) in [5, 5.41) is 5.22. The van der Waals surface area contributed by atoms with E-state index in [0.29, 0.717) is 5.13 Å². The molecule has 2 aromatic carbocycles. The minimum atomic E-state index is -0.243. The molecule has 0 radical (unpaired) electrons. The van der Waals surface area contributed by atoms with E-state index in [-0.39, 0.29) is 12.5 Å². The molecule has 0 bridgehead atoms. The van der Waals surface area contributed by atoms with E-state index < -0.39 is 0 Å². The van der Waals surface area contributed by atoms with Crippen molar-refractivity contribution in [1.29, 1.82) is 0 Å². The fraction of sp³-hybridized carbons (Fsp3) is 0.238. The number of anilines is 1. The molecule has 0 saturated heterocycles. The van der Waals surface area contributed by atoms with Gasteiger partial charge < -0.3 is 9.47 Å². The number of aryl methyl sites for hydroxylation is 3. The molecule has 6 heteroatoms. The van der Waals surface area contributed by atoms with E-state index in [4.69, 9.17) is 9.47 Å². The average Bonchev–Trinajstić information content (AvgIpc) is 3.10. The summed E-state index contributed by atoms with van der Waals surface area (Å²) in [7, 11) is 1.63. The number of methoxy groups -OCH3 is 1. The van der Waals surface area contributed by atoms with E-state index in [9.17, 15) is 4.79 Å². The third-order valence-electron chi connectivity index (χ3n) is 4.08. The molecule has 1 aromatic heterocycles. The highest BCUT2D eigenvalue weighted by molar-refractivity contribution is 7.14. The van der Waals surface area contributed by atoms with Gasteiger partial charge in [0.15, 0.2) is 11.7 Å². The van der Waals surface area contributed by atoms with Crippen molar-refractivity contribution in [2.24, 2.45) is 0 Å². The molecule has 0 fully saturated rings. The highest BCUT2D eigenvalue weighted by atomic mass is 32.1. The number of benzene rings is 2. The number of thiazole rings is 1. The Bertz CT molecular complexity index is 966. The fourth-order valence-electron chi connectivity index (χ4n) is 2.64. The van der Waals surface area contributed by atoms with Gasteiger partial charge in [-0.1, -0.05) is 23.8 Å². The Kier molecular flexibility index (Phi) is 5.76. The molecule has 1 heterocycles. The van der Waals surface area contributed by atoms with E-state index in [1.807, 2.05) is 62.5 Å². The van der Waals surface area contributed by atoms with Crippen LogP contribution in [0.3, 0.4) is 0 Å². The summed E-state index contributed by atoms with van der Waals surface area (Å²) in [6.07, 6.45) is 0. The number of carbonyl (C=O) groups is 1. The van der Waals surface area contributed by atoms with Crippen molar-refractivity contribution in [3.8, 4) is 22.8 Å². The molecule has 3 rings (SSSR count). The maximum absolute atomic E-state index is 12.2. The van der Waals surface area contributed by atoms with Gasteiger partial charge in [0.05, 0.1) is 12.8 Å². The molecule has 0 saturated carbocycles. The molecule has 0 unspecified atom stereocenters. The van der Waals surface area contributed by atoms with Crippen LogP contribution in [0.4, 0.5) is 5.13 Å². The Labute approximate surface area is 163 Å². The summed E-state index contributed by atoms with van der Waals surface area (Å²) >= 11 is 1.37. The Hall–Kier alpha value is -2.86. The number of nitrogens with one attached hydrogen (secondary N) is 1. The monoisotopic (exact) mass is 382 g/mol. The predicted molar refractivity (Wildman–Crippen MR) is 109 cm³/mol. The standard InChI is InChI=1S/C21H22N2O3S/c1-13-6-8-18(25-4)16(9-13)17-12-27-21(22-17)23-20(24)11-26-19-10-14(2)5-7-15(19)3/h5-10,12H,11H2,1-4H3,(H,22,23,24). The number of rotatable bonds is 6. The van der Waals surface area contributed by atoms with Crippen molar-refractivity contribution in [3.05, 3.63) is 58.5 Å². The van der Waals surface area contributed by atoms with Crippen LogP contribution in [-0.2, 0) is 4.79 Å². The van der Waals surface area contributed by atoms with Crippen LogP contribution in [0, 0.1) is 20.8 Å². The van der Waals surface area contributed by atoms with Crippen LogP contribution in [0.5, 0.6) is 11.5 Å². The molecular weight excluding hydrogens is 360 g/mol. The average molecular weight is 382 g/mol. The molecule has 27 heavy (non-hydrogen) atoms. The Balaban J connectivity index is 1.66. The van der Waals surface area contributed by atoms with Gasteiger partial charge in [0.1, 0.15) is 11.5 Å². The number of amides is 1. The first-order chi connectivity index (χ1) is 13.0. The first-order valence-corrected chi connectivity index (χ1v) is 9.44. The summed E-state index contributed by atoms with van der Waals surface area (Å²) in [6, 6.07) is 11.8. The van der Waals surface area contributed by atoms with Crippen LogP contribution in [0.2, 0.25) is 0 Å². The van der Waals surface area contributed by atoms with Crippen molar-refractivity contribution in [2.45, 2.75) is 20.8 Å². The second-order valence-electron chi connectivity index (χ2n) is 6.35. The van der Waals surface area contributed by atoms with Gasteiger partial charge in [-0.25, -0.2) is 4.98 Å². The van der Waals surface area contributed by atoms with Gasteiger partial charge in [0.2, 0.25) is 0 Å². The minimum Gasteiger partial charge on any atom is -0.496 e. The molecule has 0 atom stereocenters. The summed E-state index contributed by atoms with van der Waals surface area (Å²) in [4.78, 5) is 16.7. The number of nitrogens with zero attached hydrogens (tertiary/aromatic N) is 1. The predicted octanol–water partition coefficient (Wildman–Crippen LogP) is 4.76. The molecule has 0 aliphatic carbocycles. The zero-order valence-electron chi connectivity index (χ0n) is 15.8. The van der Waals surface area contributed by atoms with Gasteiger partial charge in [0.25, 0.3) is 5.91 Å². The van der Waals surface area contributed by atoms with Crippen molar-refractivity contribution in [1.82, 2.24) is 4.98 Å². The third kappa shape index (κ3) is 4.65. The van der Waals surface area contributed by atoms with Crippen LogP contribution in [-0.4, -0.2) is 24.6 Å². The molecule has 0 aliphatic heterocycles. The largest absolute Gasteiger partial charge is 0.496 e. The van der Waals surface area contributed by atoms with Crippen LogP contribution >= 0.6 is 11.3 Å². The van der Waals surface area contributed by atoms with Gasteiger partial charge in [-0.15, -0.1) is 11.3 Å². The smallest absolute Gasteiger partial charge is 0.264 e. The van der Waals surface area contributed by atoms with Crippen LogP contribution < -0.4 is 14.8 Å². The molecule has 3 aromatic rings. The van der Waals surface area contributed by atoms with Crippen LogP contribution in [0.15, 0.2) is 41.8 Å². The van der Waals surface area contributed by atoms with E-state index in [0.717, 1.165) is 39.4 Å². The van der Waals surface area contributed by atoms with Crippen molar-refractivity contribution in [2.75, 3.05) is 19.0 Å². The number of ether oxygens (including phenoxy) is 2. The Morgan fingerprint density at radius 1 is 1.07 bits per heavy atom. The molecule has 1 N–H and O–H groups in total. The lowest BCUT2D eigenvalue weighted by molar-refractivity contribution is -0.118. The Morgan fingerprint density at radius 3 is 2.59 bits per heavy atom.